The first-order valence-corrected chi connectivity index (χ1v) is 10.0. The summed E-state index contributed by atoms with van der Waals surface area (Å²) >= 11 is 0. The van der Waals surface area contributed by atoms with Crippen LogP contribution in [0.3, 0.4) is 0 Å². The quantitative estimate of drug-likeness (QED) is 0.765. The number of hydrogen-bond donors (Lipinski definition) is 1. The molecule has 0 aromatic heterocycles. The van der Waals surface area contributed by atoms with E-state index in [-0.39, 0.29) is 24.0 Å². The monoisotopic (exact) mass is 365 g/mol. The maximum atomic E-state index is 12.8. The Bertz CT molecular complexity index is 676. The van der Waals surface area contributed by atoms with Crippen molar-refractivity contribution < 1.29 is 9.53 Å². The van der Waals surface area contributed by atoms with Gasteiger partial charge in [-0.1, -0.05) is 67.1 Å². The van der Waals surface area contributed by atoms with Crippen LogP contribution in [0.4, 0.5) is 0 Å². The predicted octanol–water partition coefficient (Wildman–Crippen LogP) is 4.92. The molecule has 1 aliphatic heterocycles. The van der Waals surface area contributed by atoms with Gasteiger partial charge in [-0.25, -0.2) is 0 Å². The fraction of sp³-hybridized carbons (Fsp3) is 0.458. The summed E-state index contributed by atoms with van der Waals surface area (Å²) in [5, 5.41) is 3.62. The first-order valence-electron chi connectivity index (χ1n) is 10.0. The second-order valence-electron chi connectivity index (χ2n) is 8.48. The standard InChI is InChI=1S/C24H31NO2/c1-24(2,3)23(26)27-22(20-16-10-11-17-25-20)21(18-12-6-4-7-13-18)19-14-8-5-9-15-19/h4-9,12-15,20-22,25H,10-11,16-17H2,1-3H3. The molecule has 27 heavy (non-hydrogen) atoms. The van der Waals surface area contributed by atoms with E-state index < -0.39 is 5.41 Å². The molecule has 1 N–H and O–H groups in total. The van der Waals surface area contributed by atoms with E-state index in [1.165, 1.54) is 17.5 Å². The van der Waals surface area contributed by atoms with Crippen molar-refractivity contribution >= 4 is 5.97 Å². The van der Waals surface area contributed by atoms with Crippen LogP contribution in [0.15, 0.2) is 60.7 Å². The summed E-state index contributed by atoms with van der Waals surface area (Å²) < 4.78 is 6.22. The van der Waals surface area contributed by atoms with Crippen LogP contribution in [0.25, 0.3) is 0 Å². The third kappa shape index (κ3) is 4.98. The van der Waals surface area contributed by atoms with Crippen molar-refractivity contribution in [3.05, 3.63) is 71.8 Å². The predicted molar refractivity (Wildman–Crippen MR) is 110 cm³/mol. The lowest BCUT2D eigenvalue weighted by molar-refractivity contribution is -0.161. The van der Waals surface area contributed by atoms with Gasteiger partial charge in [-0.3, -0.25) is 4.79 Å². The molecule has 0 radical (unpaired) electrons. The number of carbonyl (C=O) groups is 1. The summed E-state index contributed by atoms with van der Waals surface area (Å²) in [7, 11) is 0. The lowest BCUT2D eigenvalue weighted by Crippen LogP contribution is -2.49. The smallest absolute Gasteiger partial charge is 0.311 e. The van der Waals surface area contributed by atoms with Crippen molar-refractivity contribution in [2.24, 2.45) is 5.41 Å². The maximum absolute atomic E-state index is 12.8. The van der Waals surface area contributed by atoms with Crippen LogP contribution >= 0.6 is 0 Å². The van der Waals surface area contributed by atoms with Crippen LogP contribution in [-0.4, -0.2) is 24.7 Å². The number of carbonyl (C=O) groups excluding carboxylic acids is 1. The SMILES string of the molecule is CC(C)(C)C(=O)OC(C1CCCCN1)C(c1ccccc1)c1ccccc1. The third-order valence-electron chi connectivity index (χ3n) is 5.25. The van der Waals surface area contributed by atoms with Gasteiger partial charge >= 0.3 is 5.97 Å². The molecule has 1 fully saturated rings. The van der Waals surface area contributed by atoms with Crippen molar-refractivity contribution in [1.82, 2.24) is 5.32 Å². The number of ether oxygens (including phenoxy) is 1. The zero-order valence-electron chi connectivity index (χ0n) is 16.7. The van der Waals surface area contributed by atoms with Crippen LogP contribution in [0, 0.1) is 5.41 Å². The number of esters is 1. The topological polar surface area (TPSA) is 38.3 Å². The van der Waals surface area contributed by atoms with Gasteiger partial charge < -0.3 is 10.1 Å². The molecule has 0 bridgehead atoms. The fourth-order valence-electron chi connectivity index (χ4n) is 3.73. The largest absolute Gasteiger partial charge is 0.459 e. The number of rotatable bonds is 5. The molecule has 3 heteroatoms. The molecule has 0 saturated carbocycles. The van der Waals surface area contributed by atoms with E-state index in [4.69, 9.17) is 4.74 Å². The molecular formula is C24H31NO2. The summed E-state index contributed by atoms with van der Waals surface area (Å²) in [6.07, 6.45) is 3.13. The molecule has 1 heterocycles. The van der Waals surface area contributed by atoms with Crippen LogP contribution in [0.5, 0.6) is 0 Å². The van der Waals surface area contributed by atoms with Gasteiger partial charge in [0, 0.05) is 12.0 Å². The second kappa shape index (κ2) is 8.71. The highest BCUT2D eigenvalue weighted by molar-refractivity contribution is 5.75. The lowest BCUT2D eigenvalue weighted by Gasteiger charge is -2.38. The summed E-state index contributed by atoms with van der Waals surface area (Å²) in [6.45, 7) is 6.73. The van der Waals surface area contributed by atoms with Gasteiger partial charge in [0.15, 0.2) is 0 Å². The zero-order valence-corrected chi connectivity index (χ0v) is 16.7. The first kappa shape index (κ1) is 19.6. The van der Waals surface area contributed by atoms with Crippen LogP contribution in [0.1, 0.15) is 57.1 Å². The average Bonchev–Trinajstić information content (AvgIpc) is 2.69. The van der Waals surface area contributed by atoms with Crippen molar-refractivity contribution in [1.29, 1.82) is 0 Å². The molecule has 2 unspecified atom stereocenters. The minimum Gasteiger partial charge on any atom is -0.459 e. The Hall–Kier alpha value is -2.13. The van der Waals surface area contributed by atoms with Gasteiger partial charge in [-0.05, 0) is 51.3 Å². The van der Waals surface area contributed by atoms with E-state index in [0.717, 1.165) is 19.4 Å². The minimum absolute atomic E-state index is 0.00861. The molecule has 3 nitrogen and oxygen atoms in total. The Labute approximate surface area is 163 Å². The summed E-state index contributed by atoms with van der Waals surface area (Å²) in [5.74, 6) is -0.133. The van der Waals surface area contributed by atoms with Crippen LogP contribution < -0.4 is 5.32 Å². The van der Waals surface area contributed by atoms with Gasteiger partial charge in [0.25, 0.3) is 0 Å². The Morgan fingerprint density at radius 2 is 1.52 bits per heavy atom. The molecule has 2 aromatic carbocycles. The molecule has 2 aromatic rings. The Balaban J connectivity index is 2.02. The average molecular weight is 366 g/mol. The van der Waals surface area contributed by atoms with E-state index in [1.54, 1.807) is 0 Å². The normalized spacial score (nSPS) is 18.9. The van der Waals surface area contributed by atoms with Crippen molar-refractivity contribution in [3.63, 3.8) is 0 Å². The second-order valence-corrected chi connectivity index (χ2v) is 8.48. The van der Waals surface area contributed by atoms with E-state index in [0.29, 0.717) is 0 Å². The lowest BCUT2D eigenvalue weighted by atomic mass is 9.81. The molecule has 0 aliphatic carbocycles. The summed E-state index contributed by atoms with van der Waals surface area (Å²) in [6, 6.07) is 21.0. The number of benzene rings is 2. The van der Waals surface area contributed by atoms with Gasteiger partial charge in [0.2, 0.25) is 0 Å². The summed E-state index contributed by atoms with van der Waals surface area (Å²) in [5.41, 5.74) is 1.84. The van der Waals surface area contributed by atoms with Crippen molar-refractivity contribution in [2.75, 3.05) is 6.54 Å². The minimum atomic E-state index is -0.523. The third-order valence-corrected chi connectivity index (χ3v) is 5.25. The molecule has 1 aliphatic rings. The van der Waals surface area contributed by atoms with Crippen molar-refractivity contribution in [3.8, 4) is 0 Å². The molecule has 2 atom stereocenters. The summed E-state index contributed by atoms with van der Waals surface area (Å²) in [4.78, 5) is 12.8. The van der Waals surface area contributed by atoms with Gasteiger partial charge in [0.05, 0.1) is 5.41 Å². The highest BCUT2D eigenvalue weighted by Gasteiger charge is 2.37. The first-order chi connectivity index (χ1) is 13.0. The number of piperidine rings is 1. The molecule has 144 valence electrons. The number of nitrogens with one attached hydrogen (secondary N) is 1. The fourth-order valence-corrected chi connectivity index (χ4v) is 3.73. The van der Waals surface area contributed by atoms with Gasteiger partial charge in [0.1, 0.15) is 6.10 Å². The van der Waals surface area contributed by atoms with Gasteiger partial charge in [-0.15, -0.1) is 0 Å². The molecule has 1 saturated heterocycles. The van der Waals surface area contributed by atoms with E-state index >= 15 is 0 Å². The van der Waals surface area contributed by atoms with Crippen LogP contribution in [-0.2, 0) is 9.53 Å². The highest BCUT2D eigenvalue weighted by atomic mass is 16.5. The highest BCUT2D eigenvalue weighted by Crippen LogP contribution is 2.35. The zero-order chi connectivity index (χ0) is 19.3. The maximum Gasteiger partial charge on any atom is 0.311 e. The van der Waals surface area contributed by atoms with E-state index in [2.05, 4.69) is 53.8 Å². The molecule has 0 spiro atoms. The Morgan fingerprint density at radius 3 is 1.96 bits per heavy atom. The molecule has 3 rings (SSSR count). The van der Waals surface area contributed by atoms with Crippen molar-refractivity contribution in [2.45, 2.75) is 58.1 Å². The molecular weight excluding hydrogens is 334 g/mol. The number of hydrogen-bond acceptors (Lipinski definition) is 3. The Kier molecular flexibility index (Phi) is 6.33. The molecule has 0 amide bonds. The van der Waals surface area contributed by atoms with Crippen LogP contribution in [0.2, 0.25) is 0 Å². The Morgan fingerprint density at radius 1 is 0.963 bits per heavy atom. The van der Waals surface area contributed by atoms with Gasteiger partial charge in [-0.2, -0.15) is 0 Å². The van der Waals surface area contributed by atoms with E-state index in [1.807, 2.05) is 32.9 Å². The van der Waals surface area contributed by atoms with E-state index in [9.17, 15) is 4.79 Å².